The quantitative estimate of drug-likeness (QED) is 0.0592. The second kappa shape index (κ2) is 26.0. The van der Waals surface area contributed by atoms with Crippen LogP contribution in [0.25, 0.3) is 43.2 Å². The average Bonchev–Trinajstić information content (AvgIpc) is 3.55. The summed E-state index contributed by atoms with van der Waals surface area (Å²) >= 11 is 8.51. The summed E-state index contributed by atoms with van der Waals surface area (Å²) in [7, 11) is 0. The molecular weight excluding hydrogens is 1110 g/mol. The van der Waals surface area contributed by atoms with Crippen molar-refractivity contribution in [3.05, 3.63) is 94.3 Å². The molecule has 0 bridgehead atoms. The fraction of sp³-hybridized carbons (Fsp3) is 0.492. The van der Waals surface area contributed by atoms with Gasteiger partial charge in [-0.25, -0.2) is 14.2 Å². The van der Waals surface area contributed by atoms with Gasteiger partial charge in [-0.2, -0.15) is 9.97 Å². The summed E-state index contributed by atoms with van der Waals surface area (Å²) in [6.45, 7) is 18.5. The van der Waals surface area contributed by atoms with Crippen LogP contribution in [-0.4, -0.2) is 172 Å². The van der Waals surface area contributed by atoms with E-state index in [2.05, 4.69) is 25.5 Å². The van der Waals surface area contributed by atoms with Gasteiger partial charge in [-0.1, -0.05) is 80.9 Å². The van der Waals surface area contributed by atoms with Gasteiger partial charge in [0.1, 0.15) is 48.0 Å². The summed E-state index contributed by atoms with van der Waals surface area (Å²) in [5.74, 6) is -1.66. The predicted octanol–water partition coefficient (Wildman–Crippen LogP) is 8.68. The standard InChI is InChI=1S/C61H75ClFN9O10S/c1-36(38-13-15-39(16-14-38)53-37(2)64-35-83-53)65-56(76)48-31-42(74)33-72(48)57(77)54(60(3,4)5)66-49(75)34-79-27-28-80-43-17-19-69(20-18-43)25-26-81-58-67-52-46(55(68-58)70-21-23-71(24-22-70)59(78)82-61(6,7)8)32-47(62)50(51(52)63)45-30-41(73)29-40-11-9-10-12-44(40)45/h9-16,29-30,32,35-36,42-43,48,54,73-74H,17-28,31,33-34H2,1-8H3,(H,65,76)(H,66,75)/t36-,42+,48-,54+/m0/s1. The van der Waals surface area contributed by atoms with Gasteiger partial charge in [-0.15, -0.1) is 11.3 Å². The molecule has 444 valence electrons. The van der Waals surface area contributed by atoms with Crippen LogP contribution in [0, 0.1) is 18.2 Å². The number of nitrogens with zero attached hydrogens (tertiary/aromatic N) is 7. The molecule has 4 aromatic carbocycles. The molecule has 0 spiro atoms. The highest BCUT2D eigenvalue weighted by atomic mass is 35.5. The molecule has 3 aliphatic rings. The number of aromatic nitrogens is 3. The maximum absolute atomic E-state index is 17.2. The molecule has 22 heteroatoms. The third-order valence-corrected chi connectivity index (χ3v) is 16.5. The van der Waals surface area contributed by atoms with E-state index in [4.69, 9.17) is 35.5 Å². The Labute approximate surface area is 492 Å². The number of carbonyl (C=O) groups excluding carboxylic acids is 4. The van der Waals surface area contributed by atoms with Gasteiger partial charge in [0.15, 0.2) is 5.82 Å². The number of hydrogen-bond donors (Lipinski definition) is 4. The summed E-state index contributed by atoms with van der Waals surface area (Å²) in [5.41, 5.74) is 3.79. The fourth-order valence-electron chi connectivity index (χ4n) is 10.9. The molecule has 6 aromatic rings. The number of phenols is 1. The van der Waals surface area contributed by atoms with Crippen LogP contribution in [0.5, 0.6) is 11.8 Å². The normalized spacial score (nSPS) is 18.1. The Morgan fingerprint density at radius 1 is 0.892 bits per heavy atom. The predicted molar refractivity (Wildman–Crippen MR) is 317 cm³/mol. The van der Waals surface area contributed by atoms with Crippen molar-refractivity contribution in [2.24, 2.45) is 5.41 Å². The highest BCUT2D eigenvalue weighted by Gasteiger charge is 2.45. The van der Waals surface area contributed by atoms with Crippen molar-refractivity contribution < 1.29 is 52.7 Å². The topological polar surface area (TPSA) is 221 Å². The van der Waals surface area contributed by atoms with Crippen LogP contribution in [0.2, 0.25) is 5.02 Å². The summed E-state index contributed by atoms with van der Waals surface area (Å²) in [6.07, 6.45) is 0.197. The van der Waals surface area contributed by atoms with E-state index in [-0.39, 0.29) is 85.3 Å². The van der Waals surface area contributed by atoms with Crippen molar-refractivity contribution in [2.75, 3.05) is 83.7 Å². The van der Waals surface area contributed by atoms with Crippen LogP contribution in [0.3, 0.4) is 0 Å². The zero-order chi connectivity index (χ0) is 59.3. The van der Waals surface area contributed by atoms with E-state index in [1.54, 1.807) is 28.4 Å². The van der Waals surface area contributed by atoms with Gasteiger partial charge in [-0.05, 0) is 98.5 Å². The van der Waals surface area contributed by atoms with E-state index < -0.39 is 52.9 Å². The van der Waals surface area contributed by atoms with Crippen LogP contribution >= 0.6 is 22.9 Å². The molecule has 0 unspecified atom stereocenters. The minimum Gasteiger partial charge on any atom is -0.508 e. The van der Waals surface area contributed by atoms with Gasteiger partial charge in [0.05, 0.1) is 52.6 Å². The number of thiazole rings is 1. The van der Waals surface area contributed by atoms with Gasteiger partial charge in [0, 0.05) is 69.7 Å². The monoisotopic (exact) mass is 1180 g/mol. The number of phenolic OH excluding ortho intramolecular Hbond substituents is 1. The third-order valence-electron chi connectivity index (χ3n) is 15.2. The first-order valence-electron chi connectivity index (χ1n) is 28.3. The van der Waals surface area contributed by atoms with Crippen LogP contribution in [0.1, 0.15) is 85.0 Å². The van der Waals surface area contributed by atoms with Crippen molar-refractivity contribution >= 4 is 74.2 Å². The second-order valence-corrected chi connectivity index (χ2v) is 24.9. The summed E-state index contributed by atoms with van der Waals surface area (Å²) in [6, 6.07) is 17.7. The molecule has 5 heterocycles. The number of nitrogens with one attached hydrogen (secondary N) is 2. The number of piperazine rings is 1. The number of carbonyl (C=O) groups is 4. The molecule has 0 aliphatic carbocycles. The number of piperidine rings is 1. The van der Waals surface area contributed by atoms with Crippen molar-refractivity contribution in [3.8, 4) is 33.3 Å². The number of anilines is 1. The molecule has 4 amide bonds. The van der Waals surface area contributed by atoms with Gasteiger partial charge in [-0.3, -0.25) is 19.3 Å². The number of aliphatic hydroxyl groups is 1. The number of aliphatic hydroxyl groups excluding tert-OH is 1. The number of likely N-dealkylation sites (tertiary alicyclic amines) is 2. The Bertz CT molecular complexity index is 3300. The van der Waals surface area contributed by atoms with Crippen LogP contribution < -0.4 is 20.3 Å². The lowest BCUT2D eigenvalue weighted by atomic mass is 9.85. The van der Waals surface area contributed by atoms with E-state index in [1.807, 2.05) is 114 Å². The van der Waals surface area contributed by atoms with E-state index >= 15 is 4.39 Å². The Kier molecular flexibility index (Phi) is 19.1. The summed E-state index contributed by atoms with van der Waals surface area (Å²) in [4.78, 5) is 76.3. The number of rotatable bonds is 18. The number of aryl methyl sites for hydroxylation is 1. The maximum atomic E-state index is 17.2. The zero-order valence-corrected chi connectivity index (χ0v) is 49.9. The third kappa shape index (κ3) is 14.8. The summed E-state index contributed by atoms with van der Waals surface area (Å²) in [5, 5.41) is 29.2. The van der Waals surface area contributed by atoms with E-state index in [9.17, 15) is 29.4 Å². The van der Waals surface area contributed by atoms with E-state index in [0.29, 0.717) is 60.3 Å². The fourth-order valence-corrected chi connectivity index (χ4v) is 12.0. The van der Waals surface area contributed by atoms with E-state index in [1.165, 1.54) is 11.0 Å². The number of aromatic hydroxyl groups is 1. The number of β-amino-alcohol motifs (C(OH)–C–C–N with tert-alkyl or cyclic N) is 1. The van der Waals surface area contributed by atoms with Gasteiger partial charge >= 0.3 is 12.1 Å². The minimum atomic E-state index is -1.00. The van der Waals surface area contributed by atoms with Crippen molar-refractivity contribution in [1.29, 1.82) is 0 Å². The molecule has 0 radical (unpaired) electrons. The Morgan fingerprint density at radius 2 is 1.61 bits per heavy atom. The van der Waals surface area contributed by atoms with Crippen LogP contribution in [-0.2, 0) is 28.6 Å². The number of amides is 4. The highest BCUT2D eigenvalue weighted by molar-refractivity contribution is 7.13. The Balaban J connectivity index is 0.749. The number of ether oxygens (including phenoxy) is 4. The molecule has 4 atom stereocenters. The molecular formula is C61H75ClFN9O10S. The molecule has 83 heavy (non-hydrogen) atoms. The average molecular weight is 1180 g/mol. The van der Waals surface area contributed by atoms with E-state index in [0.717, 1.165) is 47.6 Å². The second-order valence-electron chi connectivity index (χ2n) is 23.6. The van der Waals surface area contributed by atoms with Crippen LogP contribution in [0.15, 0.2) is 72.2 Å². The van der Waals surface area contributed by atoms with Crippen LogP contribution in [0.4, 0.5) is 15.0 Å². The van der Waals surface area contributed by atoms with Crippen molar-refractivity contribution in [2.45, 2.75) is 111 Å². The minimum absolute atomic E-state index is 0.000539. The van der Waals surface area contributed by atoms with Crippen molar-refractivity contribution in [1.82, 2.24) is 40.3 Å². The molecule has 3 fully saturated rings. The largest absolute Gasteiger partial charge is 0.508 e. The zero-order valence-electron chi connectivity index (χ0n) is 48.4. The molecule has 3 aliphatic heterocycles. The number of halogens is 2. The molecule has 9 rings (SSSR count). The summed E-state index contributed by atoms with van der Waals surface area (Å²) < 4.78 is 40.9. The molecule has 2 aromatic heterocycles. The SMILES string of the molecule is Cc1ncsc1-c1ccc([C@H](C)NC(=O)[C@@H]2C[C@@H](O)CN2C(=O)[C@@H](NC(=O)COCCOC2CCN(CCOc3nc(N4CCN(C(=O)OC(C)(C)C)CC4)c4cc(Cl)c(-c5cc(O)cc6ccccc56)c(F)c4n3)CC2)C(C)(C)C)cc1. The number of fused-ring (bicyclic) bond motifs is 2. The van der Waals surface area contributed by atoms with Gasteiger partial charge in [0.25, 0.3) is 0 Å². The first-order chi connectivity index (χ1) is 39.5. The number of hydrogen-bond acceptors (Lipinski definition) is 16. The molecule has 19 nitrogen and oxygen atoms in total. The lowest BCUT2D eigenvalue weighted by Crippen LogP contribution is -2.58. The first kappa shape index (κ1) is 60.8. The molecule has 3 saturated heterocycles. The number of benzene rings is 4. The maximum Gasteiger partial charge on any atom is 0.410 e. The lowest BCUT2D eigenvalue weighted by molar-refractivity contribution is -0.144. The van der Waals surface area contributed by atoms with Gasteiger partial charge in [0.2, 0.25) is 17.7 Å². The molecule has 4 N–H and O–H groups in total. The lowest BCUT2D eigenvalue weighted by Gasteiger charge is -2.36. The highest BCUT2D eigenvalue weighted by Crippen LogP contribution is 2.43. The van der Waals surface area contributed by atoms with Crippen molar-refractivity contribution in [3.63, 3.8) is 0 Å². The Morgan fingerprint density at radius 3 is 2.30 bits per heavy atom. The Hall–Kier alpha value is -6.75. The first-order valence-corrected chi connectivity index (χ1v) is 29.5. The van der Waals surface area contributed by atoms with Gasteiger partial charge < -0.3 is 54.5 Å². The molecule has 0 saturated carbocycles. The smallest absolute Gasteiger partial charge is 0.410 e.